The fraction of sp³-hybridized carbons (Fsp3) is 0.0625. The van der Waals surface area contributed by atoms with Crippen molar-refractivity contribution >= 4 is 44.2 Å². The Bertz CT molecular complexity index is 2630. The molecule has 1 radical (unpaired) electrons. The molecule has 0 spiro atoms. The zero-order valence-corrected chi connectivity index (χ0v) is 30.2. The van der Waals surface area contributed by atoms with Crippen LogP contribution in [0.5, 0.6) is 17.4 Å². The maximum Gasteiger partial charge on any atom is 3.00 e. The number of benzene rings is 4. The van der Waals surface area contributed by atoms with E-state index in [1.54, 1.807) is 61.5 Å². The first-order valence-electron chi connectivity index (χ1n) is 15.1. The van der Waals surface area contributed by atoms with E-state index in [2.05, 4.69) is 30.7 Å². The molecule has 0 aliphatic rings. The molecule has 0 aliphatic heterocycles. The van der Waals surface area contributed by atoms with Crippen molar-refractivity contribution in [3.8, 4) is 28.8 Å². The molecular formula is C32H25CrN10O11S+2. The molecule has 0 aliphatic carbocycles. The van der Waals surface area contributed by atoms with Crippen LogP contribution in [-0.2, 0) is 27.5 Å². The quantitative estimate of drug-likeness (QED) is 0.0634. The molecule has 0 amide bonds. The first-order chi connectivity index (χ1) is 25.6. The number of hydrogen-bond donors (Lipinski definition) is 2. The van der Waals surface area contributed by atoms with Crippen molar-refractivity contribution < 1.29 is 55.5 Å². The Balaban J connectivity index is 0.000000243. The molecule has 23 heteroatoms. The monoisotopic (exact) mass is 809 g/mol. The summed E-state index contributed by atoms with van der Waals surface area (Å²) in [4.78, 5) is 31.7. The molecule has 6 aromatic rings. The number of aromatic amines is 1. The van der Waals surface area contributed by atoms with Gasteiger partial charge < -0.3 is 15.3 Å². The number of azo groups is 2. The number of para-hydroxylation sites is 2. The number of nitrogens with zero attached hydrogens (tertiary/aromatic N) is 9. The molecule has 0 atom stereocenters. The molecular weight excluding hydrogens is 784 g/mol. The van der Waals surface area contributed by atoms with Gasteiger partial charge in [-0.1, -0.05) is 48.2 Å². The molecule has 4 N–H and O–H groups in total. The molecule has 0 bridgehead atoms. The Kier molecular flexibility index (Phi) is 12.4. The van der Waals surface area contributed by atoms with Gasteiger partial charge in [0.1, 0.15) is 5.69 Å². The molecule has 0 unspecified atom stereocenters. The van der Waals surface area contributed by atoms with Gasteiger partial charge in [0.25, 0.3) is 16.9 Å². The second-order valence-electron chi connectivity index (χ2n) is 10.9. The molecule has 0 saturated carbocycles. The number of nitro benzene ring substituents is 2. The fourth-order valence-electron chi connectivity index (χ4n) is 4.65. The second kappa shape index (κ2) is 16.7. The Morgan fingerprint density at radius 3 is 1.91 bits per heavy atom. The third-order valence-corrected chi connectivity index (χ3v) is 8.14. The van der Waals surface area contributed by atoms with Gasteiger partial charge in [0.15, 0.2) is 16.3 Å². The molecule has 2 heterocycles. The second-order valence-corrected chi connectivity index (χ2v) is 12.3. The predicted molar refractivity (Wildman–Crippen MR) is 186 cm³/mol. The van der Waals surface area contributed by atoms with E-state index in [1.807, 2.05) is 6.07 Å². The van der Waals surface area contributed by atoms with Gasteiger partial charge in [-0.15, -0.1) is 15.3 Å². The van der Waals surface area contributed by atoms with Crippen molar-refractivity contribution in [2.75, 3.05) is 0 Å². The number of rotatable bonds is 9. The fourth-order valence-corrected chi connectivity index (χ4v) is 5.28. The van der Waals surface area contributed by atoms with Crippen molar-refractivity contribution in [2.45, 2.75) is 18.7 Å². The zero-order valence-electron chi connectivity index (χ0n) is 28.1. The van der Waals surface area contributed by atoms with E-state index >= 15 is 0 Å². The van der Waals surface area contributed by atoms with Gasteiger partial charge in [-0.05, 0) is 38.1 Å². The smallest absolute Gasteiger partial charge is 0.871 e. The third kappa shape index (κ3) is 9.12. The molecule has 279 valence electrons. The SMILES string of the molecule is Cc1[nH]n(-c2ccccc2)c(=O)c1N=Nc1cc([N+](=O)[O-])ccc1[O-].Cc1nn(-c2ccccc2)c([O-])c1N=Nc1cc([N+](=O)[O-])cc(S(=O)(=O)O)c1[OH2+].[Cr+3]. The molecule has 55 heavy (non-hydrogen) atoms. The number of non-ortho nitro benzene ring substituents is 2. The van der Waals surface area contributed by atoms with Gasteiger partial charge >= 0.3 is 33.2 Å². The summed E-state index contributed by atoms with van der Waals surface area (Å²) in [6, 6.07) is 21.8. The maximum atomic E-state index is 12.6. The first-order valence-corrected chi connectivity index (χ1v) is 16.5. The molecule has 0 fully saturated rings. The zero-order chi connectivity index (χ0) is 39.3. The number of nitrogens with one attached hydrogen (secondary N) is 1. The summed E-state index contributed by atoms with van der Waals surface area (Å²) in [5, 5.41) is 75.8. The van der Waals surface area contributed by atoms with Gasteiger partial charge in [0.2, 0.25) is 0 Å². The number of nitro groups is 2. The minimum Gasteiger partial charge on any atom is -0.871 e. The number of H-pyrrole nitrogens is 1. The Labute approximate surface area is 319 Å². The summed E-state index contributed by atoms with van der Waals surface area (Å²) in [6.07, 6.45) is 0. The van der Waals surface area contributed by atoms with Crippen LogP contribution in [0.25, 0.3) is 11.4 Å². The Morgan fingerprint density at radius 1 is 0.782 bits per heavy atom. The largest absolute Gasteiger partial charge is 3.00 e. The normalized spacial score (nSPS) is 11.3. The van der Waals surface area contributed by atoms with Crippen LogP contribution in [0.4, 0.5) is 34.1 Å². The summed E-state index contributed by atoms with van der Waals surface area (Å²) in [7, 11) is -4.92. The van der Waals surface area contributed by atoms with Crippen molar-refractivity contribution in [3.05, 3.63) is 133 Å². The van der Waals surface area contributed by atoms with Crippen LogP contribution < -0.4 is 15.8 Å². The van der Waals surface area contributed by atoms with Crippen molar-refractivity contribution in [1.82, 2.24) is 19.6 Å². The average Bonchev–Trinajstić information content (AvgIpc) is 3.59. The van der Waals surface area contributed by atoms with Crippen LogP contribution in [0.15, 0.2) is 121 Å². The van der Waals surface area contributed by atoms with E-state index in [0.29, 0.717) is 23.1 Å². The number of aryl methyl sites for hydroxylation is 2. The van der Waals surface area contributed by atoms with E-state index in [9.17, 15) is 48.2 Å². The summed E-state index contributed by atoms with van der Waals surface area (Å²) >= 11 is 0. The minimum absolute atomic E-state index is 0. The van der Waals surface area contributed by atoms with Crippen molar-refractivity contribution in [1.29, 1.82) is 0 Å². The molecule has 6 rings (SSSR count). The van der Waals surface area contributed by atoms with E-state index in [1.165, 1.54) is 11.6 Å². The van der Waals surface area contributed by atoms with Crippen LogP contribution in [0, 0.1) is 34.1 Å². The van der Waals surface area contributed by atoms with Gasteiger partial charge in [-0.25, -0.2) is 9.36 Å². The van der Waals surface area contributed by atoms with E-state index < -0.39 is 59.2 Å². The summed E-state index contributed by atoms with van der Waals surface area (Å²) < 4.78 is 34.4. The van der Waals surface area contributed by atoms with Crippen molar-refractivity contribution in [2.24, 2.45) is 20.5 Å². The van der Waals surface area contributed by atoms with Crippen LogP contribution in [0.3, 0.4) is 0 Å². The standard InChI is InChI=1S/C16H13N5O7S.C16H13N5O4.Cr/c1-9-14(16(23)20(19-9)10-5-3-2-4-6-10)18-17-12-7-11(21(24)25)8-13(15(12)22)29(26,27)28;1-10-15(16(23)20(19-10)11-5-3-2-4-6-11)18-17-13-9-12(21(24)25)7-8-14(13)22;/h2-8,22-23H,1H3,(H,26,27,28);2-9,19,22H,1H3;/q;;+3/p-1. The Morgan fingerprint density at radius 2 is 1.33 bits per heavy atom. The first kappa shape index (κ1) is 40.7. The maximum absolute atomic E-state index is 12.6. The summed E-state index contributed by atoms with van der Waals surface area (Å²) in [5.41, 5.74) is -0.566. The van der Waals surface area contributed by atoms with E-state index in [4.69, 9.17) is 5.11 Å². The molecule has 0 saturated heterocycles. The topological polar surface area (TPSA) is 315 Å². The van der Waals surface area contributed by atoms with Gasteiger partial charge in [0, 0.05) is 24.1 Å². The molecule has 4 aromatic carbocycles. The predicted octanol–water partition coefficient (Wildman–Crippen LogP) is 5.13. The average molecular weight is 810 g/mol. The summed E-state index contributed by atoms with van der Waals surface area (Å²) in [5.74, 6) is -1.95. The van der Waals surface area contributed by atoms with Crippen LogP contribution in [0.2, 0.25) is 0 Å². The van der Waals surface area contributed by atoms with Crippen LogP contribution in [-0.4, -0.2) is 47.5 Å². The third-order valence-electron chi connectivity index (χ3n) is 7.27. The molecule has 2 aromatic heterocycles. The number of aromatic nitrogens is 4. The van der Waals surface area contributed by atoms with Gasteiger partial charge in [-0.3, -0.25) is 34.7 Å². The van der Waals surface area contributed by atoms with Crippen LogP contribution >= 0.6 is 0 Å². The van der Waals surface area contributed by atoms with Gasteiger partial charge in [-0.2, -0.15) is 18.6 Å². The van der Waals surface area contributed by atoms with Crippen molar-refractivity contribution in [3.63, 3.8) is 0 Å². The Hall–Kier alpha value is -7.06. The molecule has 21 nitrogen and oxygen atoms in total. The summed E-state index contributed by atoms with van der Waals surface area (Å²) in [6.45, 7) is 3.13. The van der Waals surface area contributed by atoms with Crippen LogP contribution in [0.1, 0.15) is 11.4 Å². The minimum atomic E-state index is -4.92. The van der Waals surface area contributed by atoms with E-state index in [0.717, 1.165) is 28.9 Å². The van der Waals surface area contributed by atoms with E-state index in [-0.39, 0.29) is 45.8 Å². The number of hydrogen-bond acceptors (Lipinski definition) is 14. The van der Waals surface area contributed by atoms with Gasteiger partial charge in [0.05, 0.1) is 44.4 Å².